The monoisotopic (exact) mass is 270 g/mol. The van der Waals surface area contributed by atoms with E-state index in [1.54, 1.807) is 7.11 Å². The normalized spacial score (nSPS) is 20.2. The predicted molar refractivity (Wildman–Crippen MR) is 77.6 cm³/mol. The highest BCUT2D eigenvalue weighted by Crippen LogP contribution is 2.16. The minimum atomic E-state index is 0. The Morgan fingerprint density at radius 3 is 2.67 bits per heavy atom. The molecule has 1 aromatic carbocycles. The van der Waals surface area contributed by atoms with Gasteiger partial charge in [0.15, 0.2) is 0 Å². The van der Waals surface area contributed by atoms with Gasteiger partial charge in [0, 0.05) is 19.1 Å². The van der Waals surface area contributed by atoms with Gasteiger partial charge in [-0.15, -0.1) is 12.4 Å². The van der Waals surface area contributed by atoms with Crippen LogP contribution in [0.5, 0.6) is 5.75 Å². The van der Waals surface area contributed by atoms with Crippen LogP contribution in [0.1, 0.15) is 18.4 Å². The Kier molecular flexibility index (Phi) is 6.47. The topological polar surface area (TPSA) is 24.5 Å². The molecule has 0 radical (unpaired) electrons. The van der Waals surface area contributed by atoms with Crippen molar-refractivity contribution >= 4 is 12.4 Å². The van der Waals surface area contributed by atoms with Crippen LogP contribution in [0.25, 0.3) is 0 Å². The van der Waals surface area contributed by atoms with Crippen LogP contribution in [-0.4, -0.2) is 38.2 Å². The lowest BCUT2D eigenvalue weighted by molar-refractivity contribution is 0.188. The fourth-order valence-electron chi connectivity index (χ4n) is 2.42. The van der Waals surface area contributed by atoms with Gasteiger partial charge in [0.05, 0.1) is 7.11 Å². The highest BCUT2D eigenvalue weighted by molar-refractivity contribution is 5.85. The molecule has 3 nitrogen and oxygen atoms in total. The van der Waals surface area contributed by atoms with E-state index in [9.17, 15) is 0 Å². The van der Waals surface area contributed by atoms with Crippen LogP contribution in [0.4, 0.5) is 0 Å². The second-order valence-corrected chi connectivity index (χ2v) is 4.71. The predicted octanol–water partition coefficient (Wildman–Crippen LogP) is 2.30. The van der Waals surface area contributed by atoms with Crippen LogP contribution in [0.15, 0.2) is 24.3 Å². The van der Waals surface area contributed by atoms with Crippen molar-refractivity contribution in [3.8, 4) is 5.75 Å². The maximum absolute atomic E-state index is 5.17. The quantitative estimate of drug-likeness (QED) is 0.909. The Balaban J connectivity index is 0.00000162. The number of nitrogens with one attached hydrogen (secondary N) is 1. The van der Waals surface area contributed by atoms with Crippen LogP contribution in [-0.2, 0) is 6.54 Å². The Morgan fingerprint density at radius 1 is 1.33 bits per heavy atom. The average molecular weight is 271 g/mol. The maximum Gasteiger partial charge on any atom is 0.118 e. The zero-order valence-electron chi connectivity index (χ0n) is 11.2. The van der Waals surface area contributed by atoms with E-state index in [4.69, 9.17) is 4.74 Å². The number of piperidine rings is 1. The number of likely N-dealkylation sites (tertiary alicyclic amines) is 1. The summed E-state index contributed by atoms with van der Waals surface area (Å²) < 4.78 is 5.17. The number of hydrogen-bond donors (Lipinski definition) is 1. The van der Waals surface area contributed by atoms with Crippen molar-refractivity contribution in [2.75, 3.05) is 27.2 Å². The molecule has 0 amide bonds. The summed E-state index contributed by atoms with van der Waals surface area (Å²) in [6.45, 7) is 3.41. The molecule has 0 aliphatic carbocycles. The van der Waals surface area contributed by atoms with E-state index in [0.717, 1.165) is 18.8 Å². The summed E-state index contributed by atoms with van der Waals surface area (Å²) in [7, 11) is 3.76. The van der Waals surface area contributed by atoms with Gasteiger partial charge in [-0.1, -0.05) is 12.1 Å². The number of hydrogen-bond acceptors (Lipinski definition) is 3. The number of ether oxygens (including phenoxy) is 1. The molecule has 102 valence electrons. The van der Waals surface area contributed by atoms with Crippen molar-refractivity contribution in [3.63, 3.8) is 0 Å². The van der Waals surface area contributed by atoms with Crippen LogP contribution in [0, 0.1) is 0 Å². The van der Waals surface area contributed by atoms with Crippen molar-refractivity contribution < 1.29 is 4.74 Å². The van der Waals surface area contributed by atoms with Crippen LogP contribution >= 0.6 is 12.4 Å². The molecule has 0 spiro atoms. The van der Waals surface area contributed by atoms with Gasteiger partial charge in [0.25, 0.3) is 0 Å². The van der Waals surface area contributed by atoms with E-state index < -0.39 is 0 Å². The third kappa shape index (κ3) is 4.16. The van der Waals surface area contributed by atoms with E-state index in [0.29, 0.717) is 6.04 Å². The molecule has 18 heavy (non-hydrogen) atoms. The summed E-state index contributed by atoms with van der Waals surface area (Å²) >= 11 is 0. The average Bonchev–Trinajstić information content (AvgIpc) is 2.40. The van der Waals surface area contributed by atoms with Gasteiger partial charge in [-0.2, -0.15) is 0 Å². The first-order valence-electron chi connectivity index (χ1n) is 6.34. The maximum atomic E-state index is 5.17. The first-order chi connectivity index (χ1) is 8.31. The number of benzene rings is 1. The largest absolute Gasteiger partial charge is 0.497 e. The summed E-state index contributed by atoms with van der Waals surface area (Å²) in [5, 5.41) is 3.38. The lowest BCUT2D eigenvalue weighted by Gasteiger charge is -2.32. The van der Waals surface area contributed by atoms with Crippen molar-refractivity contribution in [1.29, 1.82) is 0 Å². The summed E-state index contributed by atoms with van der Waals surface area (Å²) in [6.07, 6.45) is 2.59. The van der Waals surface area contributed by atoms with Gasteiger partial charge < -0.3 is 10.1 Å². The van der Waals surface area contributed by atoms with E-state index in [1.807, 2.05) is 12.1 Å². The molecular weight excluding hydrogens is 248 g/mol. The van der Waals surface area contributed by atoms with Crippen molar-refractivity contribution in [3.05, 3.63) is 29.8 Å². The third-order valence-electron chi connectivity index (χ3n) is 3.48. The Labute approximate surface area is 116 Å². The van der Waals surface area contributed by atoms with E-state index >= 15 is 0 Å². The second-order valence-electron chi connectivity index (χ2n) is 4.71. The van der Waals surface area contributed by atoms with E-state index in [2.05, 4.69) is 29.4 Å². The minimum Gasteiger partial charge on any atom is -0.497 e. The molecule has 1 saturated heterocycles. The lowest BCUT2D eigenvalue weighted by atomic mass is 10.1. The zero-order valence-corrected chi connectivity index (χ0v) is 12.0. The smallest absolute Gasteiger partial charge is 0.118 e. The minimum absolute atomic E-state index is 0. The van der Waals surface area contributed by atoms with Gasteiger partial charge in [0.1, 0.15) is 5.75 Å². The Hall–Kier alpha value is -0.770. The van der Waals surface area contributed by atoms with Crippen molar-refractivity contribution in [1.82, 2.24) is 10.2 Å². The van der Waals surface area contributed by atoms with Gasteiger partial charge >= 0.3 is 0 Å². The molecule has 1 fully saturated rings. The molecule has 0 saturated carbocycles. The lowest BCUT2D eigenvalue weighted by Crippen LogP contribution is -2.43. The Bertz CT molecular complexity index is 342. The van der Waals surface area contributed by atoms with Crippen molar-refractivity contribution in [2.45, 2.75) is 25.4 Å². The van der Waals surface area contributed by atoms with Gasteiger partial charge in [-0.25, -0.2) is 0 Å². The van der Waals surface area contributed by atoms with Crippen LogP contribution < -0.4 is 10.1 Å². The fourth-order valence-corrected chi connectivity index (χ4v) is 2.42. The number of nitrogens with zero attached hydrogens (tertiary/aromatic N) is 1. The first kappa shape index (κ1) is 15.3. The first-order valence-corrected chi connectivity index (χ1v) is 6.34. The van der Waals surface area contributed by atoms with Crippen LogP contribution in [0.2, 0.25) is 0 Å². The summed E-state index contributed by atoms with van der Waals surface area (Å²) in [4.78, 5) is 2.52. The highest BCUT2D eigenvalue weighted by atomic mass is 35.5. The summed E-state index contributed by atoms with van der Waals surface area (Å²) in [6, 6.07) is 9.04. The van der Waals surface area contributed by atoms with Crippen LogP contribution in [0.3, 0.4) is 0 Å². The third-order valence-corrected chi connectivity index (χ3v) is 3.48. The fraction of sp³-hybridized carbons (Fsp3) is 0.571. The molecule has 2 rings (SSSR count). The standard InChI is InChI=1S/C14H22N2O.ClH/c1-15-13-4-3-9-16(11-13)10-12-5-7-14(17-2)8-6-12;/h5-8,13,15H,3-4,9-11H2,1-2H3;1H. The molecule has 1 atom stereocenters. The van der Waals surface area contributed by atoms with Crippen molar-refractivity contribution in [2.24, 2.45) is 0 Å². The molecule has 1 aliphatic heterocycles. The number of rotatable bonds is 4. The Morgan fingerprint density at radius 2 is 2.06 bits per heavy atom. The molecule has 1 N–H and O–H groups in total. The second kappa shape index (κ2) is 7.62. The highest BCUT2D eigenvalue weighted by Gasteiger charge is 2.18. The summed E-state index contributed by atoms with van der Waals surface area (Å²) in [5.41, 5.74) is 1.36. The van der Waals surface area contributed by atoms with E-state index in [1.165, 1.54) is 24.9 Å². The zero-order chi connectivity index (χ0) is 12.1. The SMILES string of the molecule is CNC1CCCN(Cc2ccc(OC)cc2)C1.Cl. The number of halogens is 1. The number of methoxy groups -OCH3 is 1. The van der Waals surface area contributed by atoms with Gasteiger partial charge in [-0.3, -0.25) is 4.90 Å². The molecule has 0 bridgehead atoms. The van der Waals surface area contributed by atoms with Gasteiger partial charge in [0.2, 0.25) is 0 Å². The van der Waals surface area contributed by atoms with E-state index in [-0.39, 0.29) is 12.4 Å². The molecule has 0 aromatic heterocycles. The molecule has 4 heteroatoms. The molecule has 1 aromatic rings. The molecule has 1 heterocycles. The summed E-state index contributed by atoms with van der Waals surface area (Å²) in [5.74, 6) is 0.931. The molecule has 1 unspecified atom stereocenters. The molecular formula is C14H23ClN2O. The van der Waals surface area contributed by atoms with Gasteiger partial charge in [-0.05, 0) is 44.1 Å². The number of likely N-dealkylation sites (N-methyl/N-ethyl adjacent to an activating group) is 1. The molecule has 1 aliphatic rings.